The first-order valence-electron chi connectivity index (χ1n) is 8.60. The highest BCUT2D eigenvalue weighted by molar-refractivity contribution is 6.25. The van der Waals surface area contributed by atoms with Crippen LogP contribution in [0.3, 0.4) is 0 Å². The normalized spacial score (nSPS) is 21.3. The number of amides is 2. The number of rotatable bonds is 2. The van der Waals surface area contributed by atoms with Gasteiger partial charge < -0.3 is 0 Å². The molecule has 2 heterocycles. The third kappa shape index (κ3) is 2.33. The van der Waals surface area contributed by atoms with Crippen molar-refractivity contribution in [1.29, 1.82) is 0 Å². The molecule has 0 radical (unpaired) electrons. The maximum absolute atomic E-state index is 13.1. The summed E-state index contributed by atoms with van der Waals surface area (Å²) in [6.07, 6.45) is 7.08. The van der Waals surface area contributed by atoms with E-state index in [1.54, 1.807) is 36.4 Å². The molecule has 1 N–H and O–H groups in total. The summed E-state index contributed by atoms with van der Waals surface area (Å²) in [6.45, 7) is 0. The molecule has 2 aromatic carbocycles. The Morgan fingerprint density at radius 1 is 0.889 bits per heavy atom. The summed E-state index contributed by atoms with van der Waals surface area (Å²) in [4.78, 5) is 26.7. The maximum Gasteiger partial charge on any atom is 0.243 e. The first kappa shape index (κ1) is 15.7. The molecule has 0 bridgehead atoms. The van der Waals surface area contributed by atoms with Crippen LogP contribution in [-0.2, 0) is 9.59 Å². The van der Waals surface area contributed by atoms with E-state index in [1.807, 2.05) is 18.2 Å². The molecule has 1 saturated heterocycles. The lowest BCUT2D eigenvalue weighted by atomic mass is 9.91. The van der Waals surface area contributed by atoms with E-state index in [2.05, 4.69) is 10.2 Å². The number of hydrogen-bond donors (Lipinski definition) is 1. The lowest BCUT2D eigenvalue weighted by Gasteiger charge is -2.11. The molecule has 2 unspecified atom stereocenters. The van der Waals surface area contributed by atoms with Gasteiger partial charge in [-0.3, -0.25) is 14.7 Å². The Hall–Kier alpha value is -3.54. The molecule has 3 aromatic rings. The average Bonchev–Trinajstić information content (AvgIpc) is 3.21. The Morgan fingerprint density at radius 2 is 1.52 bits per heavy atom. The van der Waals surface area contributed by atoms with E-state index in [0.29, 0.717) is 16.7 Å². The van der Waals surface area contributed by atoms with Crippen molar-refractivity contribution in [3.63, 3.8) is 0 Å². The van der Waals surface area contributed by atoms with Crippen LogP contribution in [0.25, 0.3) is 22.0 Å². The molecule has 132 valence electrons. The Labute approximate surface area is 153 Å². The molecule has 1 aliphatic carbocycles. The average molecular weight is 359 g/mol. The van der Waals surface area contributed by atoms with Gasteiger partial charge >= 0.3 is 0 Å². The van der Waals surface area contributed by atoms with Gasteiger partial charge in [0.2, 0.25) is 11.8 Å². The van der Waals surface area contributed by atoms with Crippen LogP contribution in [0.1, 0.15) is 0 Å². The summed E-state index contributed by atoms with van der Waals surface area (Å²) in [5.41, 5.74) is 2.45. The van der Waals surface area contributed by atoms with Gasteiger partial charge in [-0.25, -0.2) is 9.29 Å². The van der Waals surface area contributed by atoms with Crippen LogP contribution in [0.5, 0.6) is 0 Å². The molecule has 2 amide bonds. The summed E-state index contributed by atoms with van der Waals surface area (Å²) in [5.74, 6) is -1.43. The highest BCUT2D eigenvalue weighted by Gasteiger charge is 2.47. The van der Waals surface area contributed by atoms with Gasteiger partial charge in [-0.05, 0) is 35.4 Å². The first-order valence-corrected chi connectivity index (χ1v) is 8.60. The minimum Gasteiger partial charge on any atom is -0.276 e. The summed E-state index contributed by atoms with van der Waals surface area (Å²) in [6, 6.07) is 11.8. The number of anilines is 1. The van der Waals surface area contributed by atoms with Crippen molar-refractivity contribution < 1.29 is 14.0 Å². The van der Waals surface area contributed by atoms with E-state index in [-0.39, 0.29) is 17.6 Å². The number of allylic oxidation sites excluding steroid dienone is 2. The molecule has 6 heteroatoms. The SMILES string of the molecule is O=C1C2C=CC=CC2C(=O)N1c1n[nH]c2cc(-c3ccc(F)cc3)ccc12. The number of aromatic nitrogens is 2. The number of hydrogen-bond acceptors (Lipinski definition) is 3. The number of halogens is 1. The number of carbonyl (C=O) groups excluding carboxylic acids is 2. The Morgan fingerprint density at radius 3 is 2.19 bits per heavy atom. The number of imide groups is 1. The van der Waals surface area contributed by atoms with Gasteiger partial charge in [-0.1, -0.05) is 42.5 Å². The van der Waals surface area contributed by atoms with Crippen molar-refractivity contribution in [1.82, 2.24) is 10.2 Å². The van der Waals surface area contributed by atoms with Gasteiger partial charge in [-0.2, -0.15) is 5.10 Å². The Balaban J connectivity index is 1.56. The Kier molecular flexibility index (Phi) is 3.33. The predicted octanol–water partition coefficient (Wildman–Crippen LogP) is 3.60. The quantitative estimate of drug-likeness (QED) is 0.711. The molecule has 2 atom stereocenters. The summed E-state index contributed by atoms with van der Waals surface area (Å²) in [7, 11) is 0. The van der Waals surface area contributed by atoms with Gasteiger partial charge in [0.05, 0.1) is 17.4 Å². The van der Waals surface area contributed by atoms with Gasteiger partial charge in [-0.15, -0.1) is 0 Å². The summed E-state index contributed by atoms with van der Waals surface area (Å²) >= 11 is 0. The number of aromatic amines is 1. The van der Waals surface area contributed by atoms with Crippen LogP contribution in [0, 0.1) is 17.7 Å². The van der Waals surface area contributed by atoms with E-state index < -0.39 is 11.8 Å². The maximum atomic E-state index is 13.1. The van der Waals surface area contributed by atoms with Crippen molar-refractivity contribution in [3.05, 3.63) is 72.6 Å². The zero-order valence-electron chi connectivity index (χ0n) is 14.1. The smallest absolute Gasteiger partial charge is 0.243 e. The molecule has 5 rings (SSSR count). The van der Waals surface area contributed by atoms with Crippen molar-refractivity contribution in [2.24, 2.45) is 11.8 Å². The van der Waals surface area contributed by atoms with E-state index in [0.717, 1.165) is 11.1 Å². The number of carbonyl (C=O) groups is 2. The Bertz CT molecular complexity index is 1110. The van der Waals surface area contributed by atoms with E-state index in [9.17, 15) is 14.0 Å². The highest BCUT2D eigenvalue weighted by atomic mass is 19.1. The van der Waals surface area contributed by atoms with Crippen molar-refractivity contribution in [2.45, 2.75) is 0 Å². The van der Waals surface area contributed by atoms with Crippen LogP contribution in [-0.4, -0.2) is 22.0 Å². The number of benzene rings is 2. The molecule has 27 heavy (non-hydrogen) atoms. The van der Waals surface area contributed by atoms with E-state index in [4.69, 9.17) is 0 Å². The van der Waals surface area contributed by atoms with Crippen LogP contribution in [0.2, 0.25) is 0 Å². The minimum absolute atomic E-state index is 0.262. The van der Waals surface area contributed by atoms with Crippen LogP contribution >= 0.6 is 0 Å². The topological polar surface area (TPSA) is 66.1 Å². The number of fused-ring (bicyclic) bond motifs is 2. The largest absolute Gasteiger partial charge is 0.276 e. The van der Waals surface area contributed by atoms with Crippen LogP contribution < -0.4 is 4.90 Å². The monoisotopic (exact) mass is 359 g/mol. The van der Waals surface area contributed by atoms with E-state index in [1.165, 1.54) is 17.0 Å². The van der Waals surface area contributed by atoms with Gasteiger partial charge in [0.1, 0.15) is 5.82 Å². The second-order valence-corrected chi connectivity index (χ2v) is 6.65. The molecular weight excluding hydrogens is 345 g/mol. The fourth-order valence-corrected chi connectivity index (χ4v) is 3.69. The third-order valence-electron chi connectivity index (χ3n) is 5.08. The molecule has 5 nitrogen and oxygen atoms in total. The second-order valence-electron chi connectivity index (χ2n) is 6.65. The molecule has 1 fully saturated rings. The predicted molar refractivity (Wildman–Crippen MR) is 99.2 cm³/mol. The van der Waals surface area contributed by atoms with E-state index >= 15 is 0 Å². The fraction of sp³-hybridized carbons (Fsp3) is 0.0952. The van der Waals surface area contributed by atoms with Crippen molar-refractivity contribution in [3.8, 4) is 11.1 Å². The third-order valence-corrected chi connectivity index (χ3v) is 5.08. The van der Waals surface area contributed by atoms with Gasteiger partial charge in [0.25, 0.3) is 0 Å². The highest BCUT2D eigenvalue weighted by Crippen LogP contribution is 2.37. The number of nitrogens with zero attached hydrogens (tertiary/aromatic N) is 2. The van der Waals surface area contributed by atoms with Crippen LogP contribution in [0.15, 0.2) is 66.8 Å². The molecule has 2 aliphatic rings. The number of H-pyrrole nitrogens is 1. The van der Waals surface area contributed by atoms with Gasteiger partial charge in [0, 0.05) is 5.39 Å². The zero-order chi connectivity index (χ0) is 18.5. The molecule has 1 aliphatic heterocycles. The lowest BCUT2D eigenvalue weighted by molar-refractivity contribution is -0.122. The fourth-order valence-electron chi connectivity index (χ4n) is 3.69. The first-order chi connectivity index (χ1) is 13.1. The second kappa shape index (κ2) is 5.74. The standard InChI is InChI=1S/C21H14FN3O2/c22-14-8-5-12(6-9-14)13-7-10-17-18(11-13)23-24-19(17)25-20(26)15-3-1-2-4-16(15)21(25)27/h1-11,15-16H,(H,23,24). The lowest BCUT2D eigenvalue weighted by Crippen LogP contribution is -2.31. The van der Waals surface area contributed by atoms with Crippen molar-refractivity contribution in [2.75, 3.05) is 4.90 Å². The molecule has 0 saturated carbocycles. The summed E-state index contributed by atoms with van der Waals surface area (Å²) < 4.78 is 13.1. The molecule has 1 aromatic heterocycles. The number of nitrogens with one attached hydrogen (secondary N) is 1. The minimum atomic E-state index is -0.465. The molecule has 0 spiro atoms. The van der Waals surface area contributed by atoms with Crippen LogP contribution in [0.4, 0.5) is 10.2 Å². The summed E-state index contributed by atoms with van der Waals surface area (Å²) in [5, 5.41) is 7.83. The van der Waals surface area contributed by atoms with Gasteiger partial charge in [0.15, 0.2) is 5.82 Å². The molecular formula is C21H14FN3O2. The van der Waals surface area contributed by atoms with Crippen molar-refractivity contribution >= 4 is 28.5 Å². The zero-order valence-corrected chi connectivity index (χ0v) is 14.1.